The molecule has 0 aliphatic heterocycles. The molecule has 7 heteroatoms. The summed E-state index contributed by atoms with van der Waals surface area (Å²) in [7, 11) is 0. The molecule has 0 saturated carbocycles. The molecule has 0 radical (unpaired) electrons. The molecule has 2 N–H and O–H groups in total. The van der Waals surface area contributed by atoms with Crippen molar-refractivity contribution >= 4 is 39.2 Å². The summed E-state index contributed by atoms with van der Waals surface area (Å²) < 4.78 is 20.0. The van der Waals surface area contributed by atoms with E-state index >= 15 is 0 Å². The average molecular weight is 479 g/mol. The fraction of sp³-hybridized carbons (Fsp3) is 0.136. The molecule has 0 amide bonds. The fourth-order valence-electron chi connectivity index (χ4n) is 2.87. The molecule has 0 unspecified atom stereocenters. The van der Waals surface area contributed by atoms with Gasteiger partial charge in [0.05, 0.1) is 10.6 Å². The van der Waals surface area contributed by atoms with Gasteiger partial charge >= 0.3 is 5.97 Å². The van der Waals surface area contributed by atoms with Crippen molar-refractivity contribution in [1.82, 2.24) is 0 Å². The number of hydrogen-bond donors (Lipinski definition) is 2. The van der Waals surface area contributed by atoms with Gasteiger partial charge in [-0.15, -0.1) is 0 Å². The Bertz CT molecular complexity index is 1060. The van der Waals surface area contributed by atoms with E-state index in [1.54, 1.807) is 25.1 Å². The van der Waals surface area contributed by atoms with Gasteiger partial charge in [-0.3, -0.25) is 0 Å². The third kappa shape index (κ3) is 5.28. The third-order valence-electron chi connectivity index (χ3n) is 4.45. The number of nitrogens with one attached hydrogen (secondary N) is 1. The van der Waals surface area contributed by atoms with Crippen LogP contribution in [0.4, 0.5) is 10.1 Å². The number of carboxylic acids is 1. The van der Waals surface area contributed by atoms with Crippen LogP contribution in [0.5, 0.6) is 5.75 Å². The van der Waals surface area contributed by atoms with Gasteiger partial charge in [-0.25, -0.2) is 9.18 Å². The van der Waals surface area contributed by atoms with E-state index < -0.39 is 11.8 Å². The molecule has 0 saturated heterocycles. The van der Waals surface area contributed by atoms with E-state index in [2.05, 4.69) is 21.2 Å². The molecule has 3 aromatic rings. The van der Waals surface area contributed by atoms with Crippen molar-refractivity contribution in [2.45, 2.75) is 20.1 Å². The minimum atomic E-state index is -0.964. The van der Waals surface area contributed by atoms with Crippen molar-refractivity contribution in [3.05, 3.63) is 92.2 Å². The molecule has 0 spiro atoms. The van der Waals surface area contributed by atoms with Gasteiger partial charge in [-0.1, -0.05) is 39.7 Å². The largest absolute Gasteiger partial charge is 0.488 e. The van der Waals surface area contributed by atoms with E-state index in [0.29, 0.717) is 28.4 Å². The van der Waals surface area contributed by atoms with Crippen molar-refractivity contribution in [3.63, 3.8) is 0 Å². The van der Waals surface area contributed by atoms with Gasteiger partial charge < -0.3 is 15.2 Å². The summed E-state index contributed by atoms with van der Waals surface area (Å²) >= 11 is 9.53. The van der Waals surface area contributed by atoms with Crippen LogP contribution < -0.4 is 10.1 Å². The van der Waals surface area contributed by atoms with E-state index in [0.717, 1.165) is 15.7 Å². The van der Waals surface area contributed by atoms with Crippen LogP contribution in [0.15, 0.2) is 59.1 Å². The van der Waals surface area contributed by atoms with Gasteiger partial charge in [0.15, 0.2) is 0 Å². The first-order chi connectivity index (χ1) is 13.8. The number of carbonyl (C=O) groups is 1. The Morgan fingerprint density at radius 3 is 2.69 bits per heavy atom. The molecule has 3 aromatic carbocycles. The number of benzene rings is 3. The lowest BCUT2D eigenvalue weighted by molar-refractivity contribution is 0.0696. The van der Waals surface area contributed by atoms with Crippen molar-refractivity contribution in [2.24, 2.45) is 0 Å². The van der Waals surface area contributed by atoms with Crippen LogP contribution in [0.25, 0.3) is 0 Å². The van der Waals surface area contributed by atoms with Gasteiger partial charge in [-0.05, 0) is 55.0 Å². The number of carboxylic acid groups (broad SMARTS) is 1. The van der Waals surface area contributed by atoms with Crippen LogP contribution in [0, 0.1) is 12.7 Å². The van der Waals surface area contributed by atoms with E-state index in [1.807, 2.05) is 24.3 Å². The van der Waals surface area contributed by atoms with Gasteiger partial charge in [0.1, 0.15) is 18.2 Å². The van der Waals surface area contributed by atoms with Crippen LogP contribution in [-0.2, 0) is 13.2 Å². The topological polar surface area (TPSA) is 58.6 Å². The Morgan fingerprint density at radius 2 is 1.97 bits per heavy atom. The summed E-state index contributed by atoms with van der Waals surface area (Å²) in [6, 6.07) is 14.9. The SMILES string of the molecule is Cc1c(NCc2cc(Br)ccc2OCc2ccc(F)cc2Cl)cccc1C(=O)O. The first-order valence-corrected chi connectivity index (χ1v) is 9.94. The van der Waals surface area contributed by atoms with E-state index in [9.17, 15) is 14.3 Å². The Kier molecular flexibility index (Phi) is 6.77. The molecular formula is C22H18BrClFNO3. The molecule has 0 bridgehead atoms. The maximum Gasteiger partial charge on any atom is 0.336 e. The monoisotopic (exact) mass is 477 g/mol. The highest BCUT2D eigenvalue weighted by molar-refractivity contribution is 9.10. The number of aromatic carboxylic acids is 1. The van der Waals surface area contributed by atoms with Crippen molar-refractivity contribution in [1.29, 1.82) is 0 Å². The summed E-state index contributed by atoms with van der Waals surface area (Å²) in [6.45, 7) is 2.39. The third-order valence-corrected chi connectivity index (χ3v) is 5.30. The maximum atomic E-state index is 13.2. The van der Waals surface area contributed by atoms with Crippen molar-refractivity contribution in [2.75, 3.05) is 5.32 Å². The highest BCUT2D eigenvalue weighted by Gasteiger charge is 2.12. The predicted molar refractivity (Wildman–Crippen MR) is 115 cm³/mol. The highest BCUT2D eigenvalue weighted by Crippen LogP contribution is 2.27. The lowest BCUT2D eigenvalue weighted by atomic mass is 10.1. The minimum absolute atomic E-state index is 0.196. The standard InChI is InChI=1S/C22H18BrClFNO3/c1-13-18(22(27)28)3-2-4-20(13)26-11-15-9-16(23)6-8-21(15)29-12-14-5-7-17(25)10-19(14)24/h2-10,26H,11-12H2,1H3,(H,27,28). The molecule has 150 valence electrons. The second kappa shape index (κ2) is 9.29. The van der Waals surface area contributed by atoms with Gasteiger partial charge in [0, 0.05) is 27.8 Å². The molecule has 0 aromatic heterocycles. The number of hydrogen-bond acceptors (Lipinski definition) is 3. The predicted octanol–water partition coefficient (Wildman–Crippen LogP) is 6.44. The molecule has 0 aliphatic carbocycles. The number of ether oxygens (including phenoxy) is 1. The molecule has 3 rings (SSSR count). The van der Waals surface area contributed by atoms with Crippen molar-refractivity contribution in [3.8, 4) is 5.75 Å². The number of rotatable bonds is 7. The molecule has 0 aliphatic rings. The van der Waals surface area contributed by atoms with Crippen molar-refractivity contribution < 1.29 is 19.0 Å². The second-order valence-electron chi connectivity index (χ2n) is 6.41. The first kappa shape index (κ1) is 21.1. The minimum Gasteiger partial charge on any atom is -0.488 e. The van der Waals surface area contributed by atoms with E-state index in [1.165, 1.54) is 12.1 Å². The zero-order valence-corrected chi connectivity index (χ0v) is 17.8. The van der Waals surface area contributed by atoms with Gasteiger partial charge in [-0.2, -0.15) is 0 Å². The Hall–Kier alpha value is -2.57. The van der Waals surface area contributed by atoms with Crippen LogP contribution in [0.3, 0.4) is 0 Å². The van der Waals surface area contributed by atoms with Gasteiger partial charge in [0.2, 0.25) is 0 Å². The van der Waals surface area contributed by atoms with Crippen LogP contribution in [0.1, 0.15) is 27.0 Å². The molecule has 0 fully saturated rings. The summed E-state index contributed by atoms with van der Waals surface area (Å²) in [5.74, 6) is -0.715. The fourth-order valence-corrected chi connectivity index (χ4v) is 3.50. The summed E-state index contributed by atoms with van der Waals surface area (Å²) in [5.41, 5.74) is 3.21. The Labute approximate surface area is 181 Å². The van der Waals surface area contributed by atoms with Crippen LogP contribution in [0.2, 0.25) is 5.02 Å². The zero-order chi connectivity index (χ0) is 21.0. The van der Waals surface area contributed by atoms with Crippen LogP contribution in [-0.4, -0.2) is 11.1 Å². The normalized spacial score (nSPS) is 10.6. The number of anilines is 1. The number of halogens is 3. The molecule has 4 nitrogen and oxygen atoms in total. The average Bonchev–Trinajstić information content (AvgIpc) is 2.67. The molecule has 0 atom stereocenters. The van der Waals surface area contributed by atoms with E-state index in [4.69, 9.17) is 16.3 Å². The summed E-state index contributed by atoms with van der Waals surface area (Å²) in [5, 5.41) is 12.9. The van der Waals surface area contributed by atoms with Crippen LogP contribution >= 0.6 is 27.5 Å². The zero-order valence-electron chi connectivity index (χ0n) is 15.5. The first-order valence-electron chi connectivity index (χ1n) is 8.77. The summed E-state index contributed by atoms with van der Waals surface area (Å²) in [6.07, 6.45) is 0. The summed E-state index contributed by atoms with van der Waals surface area (Å²) in [4.78, 5) is 11.3. The maximum absolute atomic E-state index is 13.2. The highest BCUT2D eigenvalue weighted by atomic mass is 79.9. The second-order valence-corrected chi connectivity index (χ2v) is 7.74. The lowest BCUT2D eigenvalue weighted by Gasteiger charge is -2.16. The smallest absolute Gasteiger partial charge is 0.336 e. The molecular weight excluding hydrogens is 461 g/mol. The quantitative estimate of drug-likeness (QED) is 0.410. The van der Waals surface area contributed by atoms with E-state index in [-0.39, 0.29) is 12.2 Å². The molecule has 0 heterocycles. The Morgan fingerprint density at radius 1 is 1.17 bits per heavy atom. The molecule has 29 heavy (non-hydrogen) atoms. The van der Waals surface area contributed by atoms with Gasteiger partial charge in [0.25, 0.3) is 0 Å². The lowest BCUT2D eigenvalue weighted by Crippen LogP contribution is -2.07. The Balaban J connectivity index is 1.77.